The highest BCUT2D eigenvalue weighted by molar-refractivity contribution is 9.10. The Bertz CT molecular complexity index is 657. The molecule has 1 unspecified atom stereocenters. The number of halogens is 1. The number of fused-ring (bicyclic) bond motifs is 1. The number of anilines is 1. The second-order valence-corrected chi connectivity index (χ2v) is 6.01. The van der Waals surface area contributed by atoms with Crippen LogP contribution >= 0.6 is 15.9 Å². The Kier molecular flexibility index (Phi) is 4.06. The van der Waals surface area contributed by atoms with E-state index in [9.17, 15) is 0 Å². The van der Waals surface area contributed by atoms with E-state index in [1.54, 1.807) is 14.2 Å². The highest BCUT2D eigenvalue weighted by Gasteiger charge is 2.21. The normalized spacial score (nSPS) is 16.8. The van der Waals surface area contributed by atoms with Crippen LogP contribution in [0.25, 0.3) is 0 Å². The molecule has 2 aromatic rings. The quantitative estimate of drug-likeness (QED) is 0.882. The molecule has 0 aliphatic carbocycles. The molecule has 21 heavy (non-hydrogen) atoms. The summed E-state index contributed by atoms with van der Waals surface area (Å²) in [6, 6.07) is 12.8. The first-order valence-electron chi connectivity index (χ1n) is 6.98. The number of methoxy groups -OCH3 is 2. The Morgan fingerprint density at radius 2 is 2.00 bits per heavy atom. The van der Waals surface area contributed by atoms with Gasteiger partial charge in [-0.2, -0.15) is 0 Å². The van der Waals surface area contributed by atoms with Gasteiger partial charge in [-0.25, -0.2) is 0 Å². The van der Waals surface area contributed by atoms with Gasteiger partial charge in [0.05, 0.1) is 24.7 Å². The minimum Gasteiger partial charge on any atom is -0.497 e. The van der Waals surface area contributed by atoms with Crippen LogP contribution in [0.2, 0.25) is 0 Å². The van der Waals surface area contributed by atoms with Crippen LogP contribution in [0, 0.1) is 0 Å². The van der Waals surface area contributed by atoms with Crippen LogP contribution in [0.3, 0.4) is 0 Å². The van der Waals surface area contributed by atoms with Crippen LogP contribution in [0.1, 0.15) is 23.6 Å². The summed E-state index contributed by atoms with van der Waals surface area (Å²) in [5.74, 6) is 1.78. The molecule has 1 atom stereocenters. The van der Waals surface area contributed by atoms with E-state index in [1.165, 1.54) is 16.8 Å². The fourth-order valence-corrected chi connectivity index (χ4v) is 3.27. The average molecular weight is 348 g/mol. The molecule has 0 bridgehead atoms. The van der Waals surface area contributed by atoms with Gasteiger partial charge in [-0.3, -0.25) is 0 Å². The standard InChI is InChI=1S/C17H18BrNO2/c1-20-13-5-3-4-11(8-13)15-7-6-12-9-17(21-2)14(18)10-16(12)19-15/h3-5,8-10,15,19H,6-7H2,1-2H3. The Balaban J connectivity index is 1.88. The van der Waals surface area contributed by atoms with Crippen molar-refractivity contribution in [3.05, 3.63) is 52.0 Å². The Morgan fingerprint density at radius 3 is 2.76 bits per heavy atom. The third kappa shape index (κ3) is 2.86. The Hall–Kier alpha value is -1.68. The van der Waals surface area contributed by atoms with Gasteiger partial charge >= 0.3 is 0 Å². The molecule has 110 valence electrons. The summed E-state index contributed by atoms with van der Waals surface area (Å²) in [4.78, 5) is 0. The van der Waals surface area contributed by atoms with Crippen molar-refractivity contribution in [1.29, 1.82) is 0 Å². The van der Waals surface area contributed by atoms with Gasteiger partial charge in [-0.1, -0.05) is 12.1 Å². The number of nitrogens with one attached hydrogen (secondary N) is 1. The summed E-state index contributed by atoms with van der Waals surface area (Å²) in [6.07, 6.45) is 2.10. The largest absolute Gasteiger partial charge is 0.497 e. The fourth-order valence-electron chi connectivity index (χ4n) is 2.76. The molecule has 0 aromatic heterocycles. The molecule has 3 rings (SSSR count). The van der Waals surface area contributed by atoms with Gasteiger partial charge < -0.3 is 14.8 Å². The van der Waals surface area contributed by atoms with Crippen molar-refractivity contribution in [3.8, 4) is 11.5 Å². The highest BCUT2D eigenvalue weighted by atomic mass is 79.9. The van der Waals surface area contributed by atoms with Crippen LogP contribution in [0.15, 0.2) is 40.9 Å². The number of rotatable bonds is 3. The molecule has 0 fully saturated rings. The van der Waals surface area contributed by atoms with Crippen LogP contribution in [-0.2, 0) is 6.42 Å². The molecular weight excluding hydrogens is 330 g/mol. The van der Waals surface area contributed by atoms with Crippen LogP contribution in [0.4, 0.5) is 5.69 Å². The smallest absolute Gasteiger partial charge is 0.133 e. The molecule has 0 saturated carbocycles. The lowest BCUT2D eigenvalue weighted by Crippen LogP contribution is -2.18. The first-order chi connectivity index (χ1) is 10.2. The maximum atomic E-state index is 5.36. The molecule has 1 aliphatic heterocycles. The maximum absolute atomic E-state index is 5.36. The number of hydrogen-bond acceptors (Lipinski definition) is 3. The van der Waals surface area contributed by atoms with E-state index in [1.807, 2.05) is 12.1 Å². The second kappa shape index (κ2) is 5.98. The predicted molar refractivity (Wildman–Crippen MR) is 88.4 cm³/mol. The number of benzene rings is 2. The minimum atomic E-state index is 0.313. The van der Waals surface area contributed by atoms with E-state index < -0.39 is 0 Å². The van der Waals surface area contributed by atoms with Crippen molar-refractivity contribution < 1.29 is 9.47 Å². The molecule has 4 heteroatoms. The Labute approximate surface area is 133 Å². The second-order valence-electron chi connectivity index (χ2n) is 5.16. The molecular formula is C17H18BrNO2. The van der Waals surface area contributed by atoms with Gasteiger partial charge in [-0.15, -0.1) is 0 Å². The summed E-state index contributed by atoms with van der Waals surface area (Å²) in [6.45, 7) is 0. The number of aryl methyl sites for hydroxylation is 1. The molecule has 0 saturated heterocycles. The van der Waals surface area contributed by atoms with Gasteiger partial charge in [0.1, 0.15) is 11.5 Å². The average Bonchev–Trinajstić information content (AvgIpc) is 2.53. The molecule has 0 amide bonds. The van der Waals surface area contributed by atoms with E-state index in [0.29, 0.717) is 6.04 Å². The van der Waals surface area contributed by atoms with Crippen LogP contribution in [0.5, 0.6) is 11.5 Å². The molecule has 3 nitrogen and oxygen atoms in total. The van der Waals surface area contributed by atoms with Crippen molar-refractivity contribution in [1.82, 2.24) is 0 Å². The van der Waals surface area contributed by atoms with Gasteiger partial charge in [0.2, 0.25) is 0 Å². The molecule has 1 N–H and O–H groups in total. The van der Waals surface area contributed by atoms with Gasteiger partial charge in [0.15, 0.2) is 0 Å². The monoisotopic (exact) mass is 347 g/mol. The fraction of sp³-hybridized carbons (Fsp3) is 0.294. The molecule has 1 heterocycles. The summed E-state index contributed by atoms with van der Waals surface area (Å²) in [7, 11) is 3.40. The van der Waals surface area contributed by atoms with Crippen LogP contribution in [-0.4, -0.2) is 14.2 Å². The van der Waals surface area contributed by atoms with Crippen molar-refractivity contribution in [2.45, 2.75) is 18.9 Å². The zero-order valence-corrected chi connectivity index (χ0v) is 13.7. The molecule has 2 aromatic carbocycles. The summed E-state index contributed by atoms with van der Waals surface area (Å²) < 4.78 is 11.6. The van der Waals surface area contributed by atoms with Crippen molar-refractivity contribution in [2.75, 3.05) is 19.5 Å². The number of ether oxygens (including phenoxy) is 2. The third-order valence-corrected chi connectivity index (χ3v) is 4.53. The Morgan fingerprint density at radius 1 is 1.14 bits per heavy atom. The lowest BCUT2D eigenvalue weighted by atomic mass is 9.93. The first kappa shape index (κ1) is 14.3. The zero-order valence-electron chi connectivity index (χ0n) is 12.2. The third-order valence-electron chi connectivity index (χ3n) is 3.91. The van der Waals surface area contributed by atoms with Gasteiger partial charge in [-0.05, 0) is 64.2 Å². The molecule has 0 spiro atoms. The van der Waals surface area contributed by atoms with E-state index in [4.69, 9.17) is 9.47 Å². The minimum absolute atomic E-state index is 0.313. The van der Waals surface area contributed by atoms with Crippen molar-refractivity contribution >= 4 is 21.6 Å². The molecule has 0 radical (unpaired) electrons. The highest BCUT2D eigenvalue weighted by Crippen LogP contribution is 2.38. The van der Waals surface area contributed by atoms with E-state index in [2.05, 4.69) is 45.5 Å². The lowest BCUT2D eigenvalue weighted by molar-refractivity contribution is 0.411. The van der Waals surface area contributed by atoms with Crippen molar-refractivity contribution in [3.63, 3.8) is 0 Å². The van der Waals surface area contributed by atoms with Crippen LogP contribution < -0.4 is 14.8 Å². The predicted octanol–water partition coefficient (Wildman–Crippen LogP) is 4.57. The topological polar surface area (TPSA) is 30.5 Å². The van der Waals surface area contributed by atoms with E-state index >= 15 is 0 Å². The maximum Gasteiger partial charge on any atom is 0.133 e. The van der Waals surface area contributed by atoms with Crippen molar-refractivity contribution in [2.24, 2.45) is 0 Å². The van der Waals surface area contributed by atoms with E-state index in [-0.39, 0.29) is 0 Å². The van der Waals surface area contributed by atoms with Gasteiger partial charge in [0.25, 0.3) is 0 Å². The lowest BCUT2D eigenvalue weighted by Gasteiger charge is -2.28. The van der Waals surface area contributed by atoms with Gasteiger partial charge in [0, 0.05) is 5.69 Å². The summed E-state index contributed by atoms with van der Waals surface area (Å²) in [5.41, 5.74) is 3.72. The summed E-state index contributed by atoms with van der Waals surface area (Å²) >= 11 is 3.55. The van der Waals surface area contributed by atoms with E-state index in [0.717, 1.165) is 28.8 Å². The summed E-state index contributed by atoms with van der Waals surface area (Å²) in [5, 5.41) is 3.62. The number of hydrogen-bond donors (Lipinski definition) is 1. The zero-order chi connectivity index (χ0) is 14.8. The first-order valence-corrected chi connectivity index (χ1v) is 7.77. The SMILES string of the molecule is COc1cccc(C2CCc3cc(OC)c(Br)cc3N2)c1. The molecule has 1 aliphatic rings.